The summed E-state index contributed by atoms with van der Waals surface area (Å²) in [5.41, 5.74) is -0.839. The predicted octanol–water partition coefficient (Wildman–Crippen LogP) is -0.830. The van der Waals surface area contributed by atoms with E-state index in [1.807, 2.05) is 6.92 Å². The number of hydrogen-bond acceptors (Lipinski definition) is 21. The Morgan fingerprint density at radius 3 is 1.88 bits per heavy atom. The number of carbonyl (C=O) groups is 1. The molecule has 22 heteroatoms. The van der Waals surface area contributed by atoms with Crippen LogP contribution in [0.3, 0.4) is 0 Å². The third-order valence-electron chi connectivity index (χ3n) is 21.2. The van der Waals surface area contributed by atoms with Crippen LogP contribution >= 0.6 is 0 Å². The van der Waals surface area contributed by atoms with Crippen molar-refractivity contribution in [3.8, 4) is 0 Å². The second kappa shape index (κ2) is 21.1. The van der Waals surface area contributed by atoms with Crippen LogP contribution in [-0.4, -0.2) is 222 Å². The molecule has 1 unspecified atom stereocenters. The number of rotatable bonds is 12. The number of hydrogen-bond donors (Lipinski definition) is 13. The highest BCUT2D eigenvalue weighted by atomic mass is 16.8. The quantitative estimate of drug-likeness (QED) is 0.0838. The molecule has 4 aliphatic heterocycles. The molecule has 430 valence electrons. The minimum absolute atomic E-state index is 0.0289. The number of carboxylic acids is 1. The van der Waals surface area contributed by atoms with E-state index in [-0.39, 0.29) is 52.6 Å². The van der Waals surface area contributed by atoms with Gasteiger partial charge in [0, 0.05) is 5.41 Å². The van der Waals surface area contributed by atoms with Crippen LogP contribution in [-0.2, 0) is 42.7 Å². The number of fused-ring (bicyclic) bond motifs is 7. The number of carboxylic acid groups (broad SMARTS) is 1. The smallest absolute Gasteiger partial charge is 0.310 e. The van der Waals surface area contributed by atoms with Crippen LogP contribution in [0.5, 0.6) is 0 Å². The molecule has 4 saturated heterocycles. The van der Waals surface area contributed by atoms with Crippen molar-refractivity contribution in [3.63, 3.8) is 0 Å². The van der Waals surface area contributed by atoms with Gasteiger partial charge in [0.2, 0.25) is 0 Å². The average Bonchev–Trinajstić information content (AvgIpc) is 3.44. The first-order valence-electron chi connectivity index (χ1n) is 27.3. The number of aliphatic hydroxyl groups is 12. The van der Waals surface area contributed by atoms with Gasteiger partial charge in [-0.05, 0) is 111 Å². The Hall–Kier alpha value is -1.59. The lowest BCUT2D eigenvalue weighted by Crippen LogP contribution is -2.67. The van der Waals surface area contributed by atoms with Gasteiger partial charge in [-0.3, -0.25) is 4.79 Å². The summed E-state index contributed by atoms with van der Waals surface area (Å²) in [4.78, 5) is 13.2. The largest absolute Gasteiger partial charge is 0.481 e. The van der Waals surface area contributed by atoms with Gasteiger partial charge in [0.1, 0.15) is 85.5 Å². The zero-order chi connectivity index (χ0) is 54.7. The van der Waals surface area contributed by atoms with E-state index in [4.69, 9.17) is 37.9 Å². The molecule has 0 amide bonds. The minimum Gasteiger partial charge on any atom is -0.481 e. The summed E-state index contributed by atoms with van der Waals surface area (Å²) in [6, 6.07) is 0. The second-order valence-corrected chi connectivity index (χ2v) is 25.7. The van der Waals surface area contributed by atoms with E-state index in [0.29, 0.717) is 19.3 Å². The molecule has 4 saturated carbocycles. The van der Waals surface area contributed by atoms with Gasteiger partial charge >= 0.3 is 5.97 Å². The Bertz CT molecular complexity index is 2060. The summed E-state index contributed by atoms with van der Waals surface area (Å²) in [6.45, 7) is 12.9. The van der Waals surface area contributed by atoms with Crippen LogP contribution in [0.25, 0.3) is 0 Å². The molecule has 22 nitrogen and oxygen atoms in total. The molecule has 0 aromatic carbocycles. The summed E-state index contributed by atoms with van der Waals surface area (Å²) in [6.07, 6.45) is -22.4. The van der Waals surface area contributed by atoms with Crippen molar-refractivity contribution in [1.82, 2.24) is 0 Å². The maximum atomic E-state index is 13.2. The SMILES string of the molecule is C[C@@H]1O[C@@H](O[C@H]2[C@H](O[C@H]3CC[C@@]4(C)[C@@H](CC[C@]5(C)[C@@H]4CC=C4[C@@H]6CC(C)(C)CC[C@]6(C(=O)O)CC[C@]45C)[C@]3(C)CO)OC[C@H](O)[C@@H]2O)[C@H](O)[C@H](O[C@@H]2O[C@H](CO)[C@@H](OC3O[C@H](CO)[C@@H](O)[C@H](O)[C@H]3O)[C@H](O)[C@H]2O)[C@H]1O. The van der Waals surface area contributed by atoms with E-state index < -0.39 is 153 Å². The summed E-state index contributed by atoms with van der Waals surface area (Å²) in [5, 5.41) is 141. The Balaban J connectivity index is 0.899. The predicted molar refractivity (Wildman–Crippen MR) is 257 cm³/mol. The van der Waals surface area contributed by atoms with Crippen LogP contribution in [0.1, 0.15) is 113 Å². The topological polar surface area (TPSA) is 354 Å². The lowest BCUT2D eigenvalue weighted by Gasteiger charge is -2.71. The second-order valence-electron chi connectivity index (χ2n) is 25.7. The maximum Gasteiger partial charge on any atom is 0.310 e. The van der Waals surface area contributed by atoms with Crippen molar-refractivity contribution in [3.05, 3.63) is 11.6 Å². The van der Waals surface area contributed by atoms with Crippen molar-refractivity contribution in [1.29, 1.82) is 0 Å². The zero-order valence-corrected chi connectivity index (χ0v) is 44.2. The van der Waals surface area contributed by atoms with Gasteiger partial charge in [-0.1, -0.05) is 53.2 Å². The first kappa shape index (κ1) is 58.1. The normalized spacial score (nSPS) is 54.9. The maximum absolute atomic E-state index is 13.2. The first-order chi connectivity index (χ1) is 35.2. The molecule has 0 aromatic heterocycles. The van der Waals surface area contributed by atoms with Gasteiger partial charge in [-0.25, -0.2) is 0 Å². The van der Waals surface area contributed by atoms with E-state index in [2.05, 4.69) is 40.7 Å². The molecule has 4 heterocycles. The van der Waals surface area contributed by atoms with Crippen LogP contribution < -0.4 is 0 Å². The molecule has 0 spiro atoms. The van der Waals surface area contributed by atoms with Gasteiger partial charge in [-0.2, -0.15) is 0 Å². The molecular weight excluding hydrogens is 989 g/mol. The molecule has 5 aliphatic carbocycles. The molecule has 0 bridgehead atoms. The van der Waals surface area contributed by atoms with Crippen LogP contribution in [0.4, 0.5) is 0 Å². The zero-order valence-electron chi connectivity index (χ0n) is 44.2. The number of aliphatic carboxylic acids is 1. The van der Waals surface area contributed by atoms with E-state index in [1.54, 1.807) is 0 Å². The summed E-state index contributed by atoms with van der Waals surface area (Å²) < 4.78 is 47.8. The van der Waals surface area contributed by atoms with Crippen LogP contribution in [0.15, 0.2) is 11.6 Å². The molecule has 8 fully saturated rings. The molecule has 13 N–H and O–H groups in total. The van der Waals surface area contributed by atoms with E-state index in [0.717, 1.165) is 44.9 Å². The standard InChI is InChI=1S/C53H86O22/c1-23-32(58)41(74-44-38(64)36(62)40(28(20-55)71-44)73-43-37(63)35(61)34(60)27(19-54)70-43)39(65)45(69-23)75-42-33(59)26(57)21-68-46(42)72-31-11-12-49(4)29(50(31,5)22-56)10-13-52(7)30(49)9-8-24-25-18-48(2,3)14-16-53(25,47(66)67)17-15-51(24,52)6/h8,23,25-46,54-65H,9-22H2,1-7H3,(H,66,67)/t23-,25-,26-,27+,28+,29+,30+,31-,32-,33-,34+,35-,36+,37+,38+,39+,40+,41+,42+,43?,44-,45-,46-,49-,50-,51+,52+,53-/m0/s1. The van der Waals surface area contributed by atoms with Crippen molar-refractivity contribution in [2.75, 3.05) is 26.4 Å². The number of ether oxygens (including phenoxy) is 8. The van der Waals surface area contributed by atoms with Gasteiger partial charge in [-0.15, -0.1) is 0 Å². The highest BCUT2D eigenvalue weighted by Crippen LogP contribution is 2.76. The van der Waals surface area contributed by atoms with Crippen molar-refractivity contribution in [2.24, 2.45) is 50.2 Å². The average molecular weight is 1080 g/mol. The van der Waals surface area contributed by atoms with Crippen molar-refractivity contribution >= 4 is 5.97 Å². The van der Waals surface area contributed by atoms with Crippen LogP contribution in [0.2, 0.25) is 0 Å². The van der Waals surface area contributed by atoms with Crippen molar-refractivity contribution < 1.29 is 109 Å². The highest BCUT2D eigenvalue weighted by molar-refractivity contribution is 5.76. The molecule has 9 rings (SSSR count). The Morgan fingerprint density at radius 1 is 0.613 bits per heavy atom. The van der Waals surface area contributed by atoms with Gasteiger partial charge < -0.3 is 104 Å². The fourth-order valence-electron chi connectivity index (χ4n) is 16.3. The molecule has 9 aliphatic rings. The monoisotopic (exact) mass is 1070 g/mol. The van der Waals surface area contributed by atoms with Gasteiger partial charge in [0.15, 0.2) is 25.2 Å². The fourth-order valence-corrected chi connectivity index (χ4v) is 16.3. The lowest BCUT2D eigenvalue weighted by atomic mass is 9.33. The highest BCUT2D eigenvalue weighted by Gasteiger charge is 2.70. The van der Waals surface area contributed by atoms with E-state index in [1.165, 1.54) is 12.5 Å². The molecule has 75 heavy (non-hydrogen) atoms. The molecule has 0 aromatic rings. The Kier molecular flexibility index (Phi) is 16.3. The van der Waals surface area contributed by atoms with Crippen LogP contribution in [0, 0.1) is 50.2 Å². The van der Waals surface area contributed by atoms with E-state index in [9.17, 15) is 71.2 Å². The molecule has 28 atom stereocenters. The van der Waals surface area contributed by atoms with E-state index >= 15 is 0 Å². The van der Waals surface area contributed by atoms with Gasteiger partial charge in [0.25, 0.3) is 0 Å². The minimum atomic E-state index is -2.01. The lowest BCUT2D eigenvalue weighted by molar-refractivity contribution is -0.390. The fraction of sp³-hybridized carbons (Fsp3) is 0.943. The third kappa shape index (κ3) is 9.40. The molecule has 0 radical (unpaired) electrons. The number of allylic oxidation sites excluding steroid dienone is 2. The van der Waals surface area contributed by atoms with Crippen molar-refractivity contribution in [2.45, 2.75) is 235 Å². The van der Waals surface area contributed by atoms with Gasteiger partial charge in [0.05, 0.1) is 44.1 Å². The summed E-state index contributed by atoms with van der Waals surface area (Å²) >= 11 is 0. The summed E-state index contributed by atoms with van der Waals surface area (Å²) in [7, 11) is 0. The first-order valence-corrected chi connectivity index (χ1v) is 27.3. The summed E-state index contributed by atoms with van der Waals surface area (Å²) in [5.74, 6) is -0.514. The molecular formula is C53H86O22. The Morgan fingerprint density at radius 2 is 1.23 bits per heavy atom. The third-order valence-corrected chi connectivity index (χ3v) is 21.2. The Labute approximate surface area is 437 Å². The number of aliphatic hydroxyl groups excluding tert-OH is 12.